The first kappa shape index (κ1) is 14.9. The topological polar surface area (TPSA) is 75.6 Å². The van der Waals surface area contributed by atoms with E-state index in [1.807, 2.05) is 12.2 Å². The third-order valence-electron chi connectivity index (χ3n) is 5.25. The van der Waals surface area contributed by atoms with Crippen LogP contribution in [0.15, 0.2) is 12.2 Å². The van der Waals surface area contributed by atoms with E-state index in [1.165, 1.54) is 0 Å². The lowest BCUT2D eigenvalue weighted by Gasteiger charge is -2.54. The summed E-state index contributed by atoms with van der Waals surface area (Å²) in [6.45, 7) is 1.72. The van der Waals surface area contributed by atoms with Gasteiger partial charge in [0.2, 0.25) is 11.4 Å². The molecule has 2 heterocycles. The summed E-state index contributed by atoms with van der Waals surface area (Å²) < 4.78 is 5.34. The summed E-state index contributed by atoms with van der Waals surface area (Å²) in [4.78, 5) is 24.4. The quantitative estimate of drug-likeness (QED) is 0.463. The summed E-state index contributed by atoms with van der Waals surface area (Å²) in [5.41, 5.74) is -2.34. The predicted molar refractivity (Wildman–Crippen MR) is 76.7 cm³/mol. The van der Waals surface area contributed by atoms with Crippen LogP contribution in [0.1, 0.15) is 32.6 Å². The number of hydrogen-bond donors (Lipinski definition) is 2. The second-order valence-electron chi connectivity index (χ2n) is 6.29. The number of aliphatic hydroxyl groups excluding tert-OH is 1. The molecule has 0 saturated carbocycles. The Morgan fingerprint density at radius 2 is 2.33 bits per heavy atom. The number of allylic oxidation sites excluding steroid dienone is 1. The lowest BCUT2D eigenvalue weighted by molar-refractivity contribution is -0.238. The van der Waals surface area contributed by atoms with E-state index < -0.39 is 29.1 Å². The lowest BCUT2D eigenvalue weighted by atomic mass is 9.64. The van der Waals surface area contributed by atoms with E-state index in [0.717, 1.165) is 19.3 Å². The Morgan fingerprint density at radius 1 is 1.57 bits per heavy atom. The minimum Gasteiger partial charge on any atom is -0.453 e. The molecule has 2 fully saturated rings. The van der Waals surface area contributed by atoms with Gasteiger partial charge < -0.3 is 15.2 Å². The average Bonchev–Trinajstić information content (AvgIpc) is 2.65. The zero-order valence-corrected chi connectivity index (χ0v) is 12.7. The maximum Gasteiger partial charge on any atom is 0.339 e. The molecule has 0 spiro atoms. The molecule has 6 heteroatoms. The highest BCUT2D eigenvalue weighted by molar-refractivity contribution is 6.18. The van der Waals surface area contributed by atoms with Crippen molar-refractivity contribution in [2.45, 2.75) is 49.9 Å². The number of aliphatic hydroxyl groups is 1. The summed E-state index contributed by atoms with van der Waals surface area (Å²) in [7, 11) is 0. The van der Waals surface area contributed by atoms with Crippen LogP contribution >= 0.6 is 11.6 Å². The Bertz CT molecular complexity index is 508. The number of carbonyl (C=O) groups is 2. The number of halogens is 1. The number of nitrogens with one attached hydrogen (secondary N) is 1. The summed E-state index contributed by atoms with van der Waals surface area (Å²) in [6, 6.07) is 0. The van der Waals surface area contributed by atoms with Crippen LogP contribution in [-0.2, 0) is 14.3 Å². The van der Waals surface area contributed by atoms with Crippen LogP contribution in [-0.4, -0.2) is 40.1 Å². The molecule has 0 aromatic rings. The fourth-order valence-corrected chi connectivity index (χ4v) is 4.21. The summed E-state index contributed by atoms with van der Waals surface area (Å²) in [6.07, 6.45) is 6.17. The molecular formula is C15H20ClNO4. The van der Waals surface area contributed by atoms with Crippen molar-refractivity contribution >= 4 is 23.5 Å². The van der Waals surface area contributed by atoms with Crippen molar-refractivity contribution < 1.29 is 19.4 Å². The van der Waals surface area contributed by atoms with Crippen molar-refractivity contribution in [2.75, 3.05) is 5.88 Å². The van der Waals surface area contributed by atoms with Gasteiger partial charge in [0.15, 0.2) is 5.60 Å². The van der Waals surface area contributed by atoms with Crippen LogP contribution in [0.3, 0.4) is 0 Å². The molecule has 0 unspecified atom stereocenters. The number of amides is 1. The molecule has 5 atom stereocenters. The Morgan fingerprint density at radius 3 is 2.90 bits per heavy atom. The first-order valence-electron chi connectivity index (χ1n) is 7.43. The molecule has 0 radical (unpaired) electrons. The van der Waals surface area contributed by atoms with E-state index in [1.54, 1.807) is 6.92 Å². The highest BCUT2D eigenvalue weighted by Crippen LogP contribution is 2.53. The van der Waals surface area contributed by atoms with Gasteiger partial charge in [-0.05, 0) is 32.6 Å². The summed E-state index contributed by atoms with van der Waals surface area (Å²) in [5, 5.41) is 13.5. The minimum atomic E-state index is -1.33. The van der Waals surface area contributed by atoms with Gasteiger partial charge in [-0.2, -0.15) is 0 Å². The van der Waals surface area contributed by atoms with Crippen LogP contribution in [0, 0.1) is 11.8 Å². The van der Waals surface area contributed by atoms with Gasteiger partial charge >= 0.3 is 5.97 Å². The average molecular weight is 314 g/mol. The number of esters is 1. The van der Waals surface area contributed by atoms with Crippen molar-refractivity contribution in [1.29, 1.82) is 0 Å². The van der Waals surface area contributed by atoms with E-state index in [4.69, 9.17) is 16.3 Å². The fourth-order valence-electron chi connectivity index (χ4n) is 3.99. The second-order valence-corrected chi connectivity index (χ2v) is 6.67. The first-order chi connectivity index (χ1) is 9.97. The van der Waals surface area contributed by atoms with Gasteiger partial charge in [0.25, 0.3) is 0 Å². The highest BCUT2D eigenvalue weighted by atomic mass is 35.5. The Labute approximate surface area is 128 Å². The third-order valence-corrected chi connectivity index (χ3v) is 5.47. The minimum absolute atomic E-state index is 0.138. The normalized spacial score (nSPS) is 42.8. The molecule has 1 aliphatic carbocycles. The maximum atomic E-state index is 12.2. The molecule has 2 N–H and O–H groups in total. The SMILES string of the molecule is C[C@@]12OC(=O)[C@]1([C@H](O)[C@@H]1C=CCCC1)NC(=O)[C@@H]2CCCl. The molecular weight excluding hydrogens is 294 g/mol. The second kappa shape index (κ2) is 4.99. The summed E-state index contributed by atoms with van der Waals surface area (Å²) >= 11 is 5.76. The van der Waals surface area contributed by atoms with E-state index in [9.17, 15) is 14.7 Å². The van der Waals surface area contributed by atoms with Gasteiger partial charge in [0.05, 0.1) is 12.0 Å². The van der Waals surface area contributed by atoms with E-state index in [-0.39, 0.29) is 11.8 Å². The number of carbonyl (C=O) groups excluding carboxylic acids is 2. The van der Waals surface area contributed by atoms with E-state index in [0.29, 0.717) is 12.3 Å². The van der Waals surface area contributed by atoms with Crippen molar-refractivity contribution in [3.05, 3.63) is 12.2 Å². The Balaban J connectivity index is 1.94. The number of rotatable bonds is 4. The van der Waals surface area contributed by atoms with Gasteiger partial charge in [-0.25, -0.2) is 4.79 Å². The number of hydrogen-bond acceptors (Lipinski definition) is 4. The standard InChI is InChI=1S/C15H20ClNO4/c1-14-10(7-8-16)12(19)17-15(14,13(20)21-14)11(18)9-5-3-2-4-6-9/h3,5,9-11,18H,2,4,6-8H2,1H3,(H,17,19)/t9-,10+,11-,14+,15+/m1/s1. The van der Waals surface area contributed by atoms with E-state index in [2.05, 4.69) is 5.32 Å². The fraction of sp³-hybridized carbons (Fsp3) is 0.733. The maximum absolute atomic E-state index is 12.2. The van der Waals surface area contributed by atoms with E-state index >= 15 is 0 Å². The van der Waals surface area contributed by atoms with Crippen LogP contribution in [0.25, 0.3) is 0 Å². The molecule has 1 amide bonds. The number of alkyl halides is 1. The zero-order valence-electron chi connectivity index (χ0n) is 12.0. The lowest BCUT2D eigenvalue weighted by Crippen LogP contribution is -2.80. The van der Waals surface area contributed by atoms with Crippen LogP contribution in [0.5, 0.6) is 0 Å². The Kier molecular flexibility index (Phi) is 3.53. The van der Waals surface area contributed by atoms with Crippen molar-refractivity contribution in [3.63, 3.8) is 0 Å². The molecule has 3 aliphatic rings. The first-order valence-corrected chi connectivity index (χ1v) is 7.97. The summed E-state index contributed by atoms with van der Waals surface area (Å²) in [5.74, 6) is -1.14. The molecule has 5 nitrogen and oxygen atoms in total. The molecule has 3 rings (SSSR count). The number of ether oxygens (including phenoxy) is 1. The molecule has 116 valence electrons. The van der Waals surface area contributed by atoms with Crippen molar-refractivity contribution in [1.82, 2.24) is 5.32 Å². The molecule has 21 heavy (non-hydrogen) atoms. The third kappa shape index (κ3) is 1.80. The van der Waals surface area contributed by atoms with Gasteiger partial charge in [0.1, 0.15) is 0 Å². The monoisotopic (exact) mass is 313 g/mol. The zero-order chi connectivity index (χ0) is 15.3. The van der Waals surface area contributed by atoms with Crippen LogP contribution in [0.4, 0.5) is 0 Å². The predicted octanol–water partition coefficient (Wildman–Crippen LogP) is 1.13. The van der Waals surface area contributed by atoms with Crippen LogP contribution < -0.4 is 5.32 Å². The molecule has 0 aromatic heterocycles. The smallest absolute Gasteiger partial charge is 0.339 e. The van der Waals surface area contributed by atoms with Crippen molar-refractivity contribution in [2.24, 2.45) is 11.8 Å². The molecule has 2 aliphatic heterocycles. The van der Waals surface area contributed by atoms with Crippen molar-refractivity contribution in [3.8, 4) is 0 Å². The van der Waals surface area contributed by atoms with Gasteiger partial charge in [-0.1, -0.05) is 12.2 Å². The molecule has 2 saturated heterocycles. The Hall–Kier alpha value is -1.07. The van der Waals surface area contributed by atoms with Crippen LogP contribution in [0.2, 0.25) is 0 Å². The van der Waals surface area contributed by atoms with Gasteiger partial charge in [-0.3, -0.25) is 4.79 Å². The number of fused-ring (bicyclic) bond motifs is 1. The molecule has 0 bridgehead atoms. The molecule has 0 aromatic carbocycles. The van der Waals surface area contributed by atoms with Gasteiger partial charge in [-0.15, -0.1) is 11.6 Å². The highest BCUT2D eigenvalue weighted by Gasteiger charge is 2.79. The van der Waals surface area contributed by atoms with Gasteiger partial charge in [0, 0.05) is 11.8 Å². The largest absolute Gasteiger partial charge is 0.453 e.